The lowest BCUT2D eigenvalue weighted by atomic mass is 9.82. The number of rotatable bonds is 6. The highest BCUT2D eigenvalue weighted by Gasteiger charge is 2.52. The zero-order valence-corrected chi connectivity index (χ0v) is 17.3. The Morgan fingerprint density at radius 2 is 1.79 bits per heavy atom. The van der Waals surface area contributed by atoms with Gasteiger partial charge in [0.05, 0.1) is 0 Å². The maximum Gasteiger partial charge on any atom is 0.325 e. The van der Waals surface area contributed by atoms with E-state index in [1.807, 2.05) is 76.2 Å². The fourth-order valence-corrected chi connectivity index (χ4v) is 3.76. The van der Waals surface area contributed by atoms with E-state index in [0.717, 1.165) is 21.6 Å². The van der Waals surface area contributed by atoms with Gasteiger partial charge in [0.25, 0.3) is 5.91 Å². The third kappa shape index (κ3) is 4.16. The first-order chi connectivity index (χ1) is 13.7. The predicted molar refractivity (Wildman–Crippen MR) is 112 cm³/mol. The van der Waals surface area contributed by atoms with Gasteiger partial charge in [0, 0.05) is 5.69 Å². The van der Waals surface area contributed by atoms with Crippen molar-refractivity contribution >= 4 is 23.5 Å². The average molecular weight is 393 g/mol. The van der Waals surface area contributed by atoms with Crippen LogP contribution in [0.4, 0.5) is 10.5 Å². The van der Waals surface area contributed by atoms with Crippen LogP contribution in [0.15, 0.2) is 48.5 Å². The lowest BCUT2D eigenvalue weighted by Gasteiger charge is -2.29. The Kier molecular flexibility index (Phi) is 5.73. The summed E-state index contributed by atoms with van der Waals surface area (Å²) in [5.74, 6) is -0.628. The number of urea groups is 1. The van der Waals surface area contributed by atoms with Gasteiger partial charge in [-0.2, -0.15) is 0 Å². The van der Waals surface area contributed by atoms with Crippen LogP contribution >= 0.6 is 0 Å². The van der Waals surface area contributed by atoms with E-state index in [-0.39, 0.29) is 12.5 Å². The Morgan fingerprint density at radius 3 is 2.45 bits per heavy atom. The van der Waals surface area contributed by atoms with Crippen molar-refractivity contribution in [3.05, 3.63) is 65.2 Å². The summed E-state index contributed by atoms with van der Waals surface area (Å²) in [6.07, 6.45) is 0.455. The number of anilines is 1. The molecular formula is C23H27N3O3. The molecule has 1 heterocycles. The van der Waals surface area contributed by atoms with Gasteiger partial charge < -0.3 is 10.6 Å². The summed E-state index contributed by atoms with van der Waals surface area (Å²) in [6, 6.07) is 14.4. The molecule has 1 aliphatic heterocycles. The highest BCUT2D eigenvalue weighted by molar-refractivity contribution is 6.10. The van der Waals surface area contributed by atoms with Crippen LogP contribution in [0.1, 0.15) is 37.0 Å². The van der Waals surface area contributed by atoms with Gasteiger partial charge in [0.15, 0.2) is 0 Å². The van der Waals surface area contributed by atoms with E-state index in [0.29, 0.717) is 12.1 Å². The number of hydrogen-bond acceptors (Lipinski definition) is 3. The Hall–Kier alpha value is -3.15. The number of nitrogens with zero attached hydrogens (tertiary/aromatic N) is 1. The van der Waals surface area contributed by atoms with Crippen LogP contribution in [-0.4, -0.2) is 29.3 Å². The van der Waals surface area contributed by atoms with Crippen LogP contribution in [0, 0.1) is 19.8 Å². The second-order valence-electron chi connectivity index (χ2n) is 8.06. The molecule has 1 atom stereocenters. The summed E-state index contributed by atoms with van der Waals surface area (Å²) in [5, 5.41) is 5.68. The fourth-order valence-electron chi connectivity index (χ4n) is 3.76. The molecule has 6 heteroatoms. The van der Waals surface area contributed by atoms with Gasteiger partial charge >= 0.3 is 6.03 Å². The molecule has 0 aromatic heterocycles. The molecule has 4 amide bonds. The minimum Gasteiger partial charge on any atom is -0.324 e. The summed E-state index contributed by atoms with van der Waals surface area (Å²) >= 11 is 0. The zero-order chi connectivity index (χ0) is 21.2. The maximum absolute atomic E-state index is 13.3. The minimum atomic E-state index is -1.15. The van der Waals surface area contributed by atoms with Crippen LogP contribution in [0.3, 0.4) is 0 Å². The third-order valence-electron chi connectivity index (χ3n) is 5.13. The largest absolute Gasteiger partial charge is 0.325 e. The molecule has 29 heavy (non-hydrogen) atoms. The smallest absolute Gasteiger partial charge is 0.324 e. The van der Waals surface area contributed by atoms with Gasteiger partial charge in [-0.3, -0.25) is 14.5 Å². The van der Waals surface area contributed by atoms with Crippen molar-refractivity contribution in [2.24, 2.45) is 5.92 Å². The lowest BCUT2D eigenvalue weighted by molar-refractivity contribution is -0.134. The van der Waals surface area contributed by atoms with E-state index in [4.69, 9.17) is 0 Å². The fraction of sp³-hybridized carbons (Fsp3) is 0.348. The predicted octanol–water partition coefficient (Wildman–Crippen LogP) is 3.74. The molecule has 2 aromatic rings. The van der Waals surface area contributed by atoms with Gasteiger partial charge in [0.1, 0.15) is 12.1 Å². The van der Waals surface area contributed by atoms with Crippen molar-refractivity contribution in [2.45, 2.75) is 39.7 Å². The number of hydrogen-bond donors (Lipinski definition) is 2. The van der Waals surface area contributed by atoms with Crippen LogP contribution in [0.2, 0.25) is 0 Å². The SMILES string of the molecule is Cc1ccc(C)c(NC(=O)CN2C(=O)N[C@@](CC(C)C)(c3ccccc3)C2=O)c1. The topological polar surface area (TPSA) is 78.5 Å². The van der Waals surface area contributed by atoms with E-state index >= 15 is 0 Å². The number of benzene rings is 2. The van der Waals surface area contributed by atoms with Gasteiger partial charge in [-0.25, -0.2) is 4.79 Å². The van der Waals surface area contributed by atoms with E-state index < -0.39 is 23.4 Å². The maximum atomic E-state index is 13.3. The molecule has 6 nitrogen and oxygen atoms in total. The molecule has 0 spiro atoms. The first-order valence-electron chi connectivity index (χ1n) is 9.79. The number of aryl methyl sites for hydroxylation is 2. The summed E-state index contributed by atoms with van der Waals surface area (Å²) in [7, 11) is 0. The first-order valence-corrected chi connectivity index (χ1v) is 9.79. The van der Waals surface area contributed by atoms with Crippen molar-refractivity contribution in [2.75, 3.05) is 11.9 Å². The summed E-state index contributed by atoms with van der Waals surface area (Å²) in [4.78, 5) is 39.6. The van der Waals surface area contributed by atoms with E-state index in [2.05, 4.69) is 10.6 Å². The van der Waals surface area contributed by atoms with Gasteiger partial charge in [-0.15, -0.1) is 0 Å². The summed E-state index contributed by atoms with van der Waals surface area (Å²) in [5.41, 5.74) is 2.19. The Bertz CT molecular complexity index is 940. The second kappa shape index (κ2) is 8.07. The van der Waals surface area contributed by atoms with Crippen LogP contribution in [-0.2, 0) is 15.1 Å². The number of amides is 4. The van der Waals surface area contributed by atoms with E-state index in [1.165, 1.54) is 0 Å². The lowest BCUT2D eigenvalue weighted by Crippen LogP contribution is -2.45. The van der Waals surface area contributed by atoms with Crippen LogP contribution < -0.4 is 10.6 Å². The van der Waals surface area contributed by atoms with Crippen molar-refractivity contribution in [3.8, 4) is 0 Å². The average Bonchev–Trinajstić information content (AvgIpc) is 2.90. The first kappa shape index (κ1) is 20.6. The van der Waals surface area contributed by atoms with Crippen LogP contribution in [0.5, 0.6) is 0 Å². The Balaban J connectivity index is 1.83. The molecule has 0 radical (unpaired) electrons. The molecule has 1 fully saturated rings. The van der Waals surface area contributed by atoms with Crippen LogP contribution in [0.25, 0.3) is 0 Å². The molecule has 0 unspecified atom stereocenters. The summed E-state index contributed by atoms with van der Waals surface area (Å²) in [6.45, 7) is 7.50. The number of nitrogens with one attached hydrogen (secondary N) is 2. The molecule has 2 N–H and O–H groups in total. The van der Waals surface area contributed by atoms with Crippen molar-refractivity contribution in [1.82, 2.24) is 10.2 Å². The van der Waals surface area contributed by atoms with Crippen molar-refractivity contribution < 1.29 is 14.4 Å². The highest BCUT2D eigenvalue weighted by Crippen LogP contribution is 2.35. The summed E-state index contributed by atoms with van der Waals surface area (Å²) < 4.78 is 0. The van der Waals surface area contributed by atoms with Gasteiger partial charge in [0.2, 0.25) is 5.91 Å². The standard InChI is InChI=1S/C23H27N3O3/c1-15(2)13-23(18-8-6-5-7-9-18)21(28)26(22(29)25-23)14-20(27)24-19-12-16(3)10-11-17(19)4/h5-12,15H,13-14H2,1-4H3,(H,24,27)(H,25,29)/t23-/m0/s1. The van der Waals surface area contributed by atoms with Gasteiger partial charge in [-0.1, -0.05) is 56.3 Å². The minimum absolute atomic E-state index is 0.170. The number of carbonyl (C=O) groups excluding carboxylic acids is 3. The zero-order valence-electron chi connectivity index (χ0n) is 17.3. The van der Waals surface area contributed by atoms with Crippen molar-refractivity contribution in [1.29, 1.82) is 0 Å². The molecule has 0 bridgehead atoms. The highest BCUT2D eigenvalue weighted by atomic mass is 16.2. The second-order valence-corrected chi connectivity index (χ2v) is 8.06. The Morgan fingerprint density at radius 1 is 1.10 bits per heavy atom. The third-order valence-corrected chi connectivity index (χ3v) is 5.13. The number of carbonyl (C=O) groups is 3. The number of imide groups is 1. The molecular weight excluding hydrogens is 366 g/mol. The van der Waals surface area contributed by atoms with E-state index in [1.54, 1.807) is 0 Å². The normalized spacial score (nSPS) is 18.9. The van der Waals surface area contributed by atoms with Crippen molar-refractivity contribution in [3.63, 3.8) is 0 Å². The quantitative estimate of drug-likeness (QED) is 0.734. The molecule has 0 saturated carbocycles. The molecule has 0 aliphatic carbocycles. The molecule has 1 aliphatic rings. The molecule has 3 rings (SSSR count). The Labute approximate surface area is 171 Å². The molecule has 1 saturated heterocycles. The van der Waals surface area contributed by atoms with E-state index in [9.17, 15) is 14.4 Å². The molecule has 2 aromatic carbocycles. The van der Waals surface area contributed by atoms with Gasteiger partial charge in [-0.05, 0) is 48.9 Å². The monoisotopic (exact) mass is 393 g/mol. The molecule has 152 valence electrons.